The largest absolute Gasteiger partial charge is 0.310 e. The van der Waals surface area contributed by atoms with E-state index in [9.17, 15) is 9.59 Å². The van der Waals surface area contributed by atoms with Crippen LogP contribution in [0.4, 0.5) is 5.13 Å². The van der Waals surface area contributed by atoms with Gasteiger partial charge in [0, 0.05) is 29.5 Å². The van der Waals surface area contributed by atoms with Crippen molar-refractivity contribution in [3.8, 4) is 0 Å². The van der Waals surface area contributed by atoms with Crippen LogP contribution >= 0.6 is 22.7 Å². The quantitative estimate of drug-likeness (QED) is 0.453. The highest BCUT2D eigenvalue weighted by molar-refractivity contribution is 7.18. The van der Waals surface area contributed by atoms with Crippen molar-refractivity contribution in [1.29, 1.82) is 0 Å². The molecule has 6 nitrogen and oxygen atoms in total. The number of aromatic amines is 1. The molecule has 1 amide bonds. The molecule has 4 aromatic rings. The first-order chi connectivity index (χ1) is 15.2. The van der Waals surface area contributed by atoms with Crippen LogP contribution in [0.2, 0.25) is 0 Å². The zero-order chi connectivity index (χ0) is 21.2. The number of hydrogen-bond acceptors (Lipinski definition) is 6. The van der Waals surface area contributed by atoms with E-state index in [0.29, 0.717) is 17.4 Å². The number of carbonyl (C=O) groups excluding carboxylic acids is 1. The van der Waals surface area contributed by atoms with Gasteiger partial charge in [-0.1, -0.05) is 30.3 Å². The van der Waals surface area contributed by atoms with Crippen LogP contribution in [0.15, 0.2) is 40.5 Å². The fraction of sp³-hybridized carbons (Fsp3) is 0.304. The molecule has 1 aliphatic rings. The average Bonchev–Trinajstić information content (AvgIpc) is 3.37. The molecule has 0 fully saturated rings. The third kappa shape index (κ3) is 4.45. The van der Waals surface area contributed by atoms with E-state index >= 15 is 0 Å². The Labute approximate surface area is 187 Å². The molecular weight excluding hydrogens is 428 g/mol. The Balaban J connectivity index is 1.22. The number of anilines is 1. The van der Waals surface area contributed by atoms with Crippen LogP contribution in [0.25, 0.3) is 10.2 Å². The first kappa shape index (κ1) is 20.1. The Morgan fingerprint density at radius 3 is 2.84 bits per heavy atom. The van der Waals surface area contributed by atoms with Crippen LogP contribution in [0.5, 0.6) is 0 Å². The van der Waals surface area contributed by atoms with Gasteiger partial charge in [-0.25, -0.2) is 9.97 Å². The van der Waals surface area contributed by atoms with Crippen LogP contribution in [-0.4, -0.2) is 20.9 Å². The minimum Gasteiger partial charge on any atom is -0.310 e. The fourth-order valence-electron chi connectivity index (χ4n) is 3.99. The zero-order valence-corrected chi connectivity index (χ0v) is 18.6. The topological polar surface area (TPSA) is 87.7 Å². The Kier molecular flexibility index (Phi) is 5.65. The van der Waals surface area contributed by atoms with E-state index in [1.807, 2.05) is 23.6 Å². The van der Waals surface area contributed by atoms with Gasteiger partial charge in [-0.05, 0) is 36.8 Å². The number of hydrogen-bond donors (Lipinski definition) is 2. The minimum atomic E-state index is -0.131. The summed E-state index contributed by atoms with van der Waals surface area (Å²) in [5.74, 6) is 0.434. The van der Waals surface area contributed by atoms with Gasteiger partial charge in [0.15, 0.2) is 5.13 Å². The van der Waals surface area contributed by atoms with Crippen LogP contribution in [0, 0.1) is 0 Å². The number of nitrogens with zero attached hydrogens (tertiary/aromatic N) is 2. The third-order valence-electron chi connectivity index (χ3n) is 5.49. The minimum absolute atomic E-state index is 0.0784. The van der Waals surface area contributed by atoms with E-state index < -0.39 is 0 Å². The number of rotatable bonds is 6. The number of H-pyrrole nitrogens is 1. The molecule has 158 valence electrons. The van der Waals surface area contributed by atoms with Crippen LogP contribution < -0.4 is 10.9 Å². The molecule has 0 bridgehead atoms. The first-order valence-electron chi connectivity index (χ1n) is 10.5. The lowest BCUT2D eigenvalue weighted by Crippen LogP contribution is -2.16. The van der Waals surface area contributed by atoms with E-state index in [2.05, 4.69) is 32.4 Å². The summed E-state index contributed by atoms with van der Waals surface area (Å²) >= 11 is 3.05. The number of carbonyl (C=O) groups is 1. The second-order valence-corrected chi connectivity index (χ2v) is 9.70. The number of aromatic nitrogens is 3. The molecule has 0 saturated carbocycles. The molecule has 0 atom stereocenters. The maximum Gasteiger partial charge on any atom is 0.259 e. The summed E-state index contributed by atoms with van der Waals surface area (Å²) < 4.78 is 0. The Bertz CT molecular complexity index is 1290. The van der Waals surface area contributed by atoms with Crippen molar-refractivity contribution in [2.75, 3.05) is 5.32 Å². The van der Waals surface area contributed by atoms with Gasteiger partial charge in [0.25, 0.3) is 5.56 Å². The Hall–Kier alpha value is -2.84. The number of benzene rings is 1. The van der Waals surface area contributed by atoms with Crippen molar-refractivity contribution >= 4 is 43.9 Å². The molecule has 0 unspecified atom stereocenters. The lowest BCUT2D eigenvalue weighted by Gasteiger charge is -2.09. The summed E-state index contributed by atoms with van der Waals surface area (Å²) in [6.45, 7) is 0. The average molecular weight is 451 g/mol. The van der Waals surface area contributed by atoms with Gasteiger partial charge in [0.05, 0.1) is 11.1 Å². The number of fused-ring (bicyclic) bond motifs is 3. The van der Waals surface area contributed by atoms with Gasteiger partial charge >= 0.3 is 0 Å². The first-order valence-corrected chi connectivity index (χ1v) is 12.2. The van der Waals surface area contributed by atoms with Crippen molar-refractivity contribution < 1.29 is 4.79 Å². The summed E-state index contributed by atoms with van der Waals surface area (Å²) in [6, 6.07) is 10.1. The summed E-state index contributed by atoms with van der Waals surface area (Å²) in [5.41, 5.74) is 3.22. The van der Waals surface area contributed by atoms with Gasteiger partial charge in [-0.15, -0.1) is 22.7 Å². The molecule has 1 aliphatic carbocycles. The van der Waals surface area contributed by atoms with Crippen LogP contribution in [-0.2, 0) is 30.5 Å². The van der Waals surface area contributed by atoms with Crippen LogP contribution in [0.3, 0.4) is 0 Å². The molecule has 0 spiro atoms. The monoisotopic (exact) mass is 450 g/mol. The van der Waals surface area contributed by atoms with E-state index in [0.717, 1.165) is 41.6 Å². The van der Waals surface area contributed by atoms with Crippen LogP contribution in [0.1, 0.15) is 46.8 Å². The molecule has 5 rings (SSSR count). The third-order valence-corrected chi connectivity index (χ3v) is 7.48. The lowest BCUT2D eigenvalue weighted by molar-refractivity contribution is -0.116. The second-order valence-electron chi connectivity index (χ2n) is 7.76. The molecule has 0 radical (unpaired) electrons. The predicted octanol–water partition coefficient (Wildman–Crippen LogP) is 4.48. The highest BCUT2D eigenvalue weighted by Crippen LogP contribution is 2.33. The molecular formula is C23H22N4O2S2. The Morgan fingerprint density at radius 2 is 1.97 bits per heavy atom. The normalized spacial score (nSPS) is 13.3. The van der Waals surface area contributed by atoms with Gasteiger partial charge < -0.3 is 10.3 Å². The van der Waals surface area contributed by atoms with Crippen molar-refractivity contribution in [2.24, 2.45) is 0 Å². The van der Waals surface area contributed by atoms with Crippen molar-refractivity contribution in [3.05, 3.63) is 73.6 Å². The predicted molar refractivity (Wildman–Crippen MR) is 125 cm³/mol. The molecule has 1 aromatic carbocycles. The molecule has 3 heterocycles. The molecule has 3 aromatic heterocycles. The van der Waals surface area contributed by atoms with Gasteiger partial charge in [0.2, 0.25) is 5.91 Å². The molecule has 0 saturated heterocycles. The molecule has 31 heavy (non-hydrogen) atoms. The molecule has 0 aliphatic heterocycles. The van der Waals surface area contributed by atoms with Gasteiger partial charge in [-0.2, -0.15) is 0 Å². The second kappa shape index (κ2) is 8.72. The molecule has 8 heteroatoms. The highest BCUT2D eigenvalue weighted by Gasteiger charge is 2.20. The maximum atomic E-state index is 12.6. The number of amides is 1. The number of thiophene rings is 1. The van der Waals surface area contributed by atoms with E-state index in [4.69, 9.17) is 0 Å². The summed E-state index contributed by atoms with van der Waals surface area (Å²) in [4.78, 5) is 39.2. The highest BCUT2D eigenvalue weighted by atomic mass is 32.1. The van der Waals surface area contributed by atoms with E-state index in [1.54, 1.807) is 11.3 Å². The smallest absolute Gasteiger partial charge is 0.259 e. The summed E-state index contributed by atoms with van der Waals surface area (Å²) in [5, 5.41) is 6.18. The number of aryl methyl sites for hydroxylation is 3. The summed E-state index contributed by atoms with van der Waals surface area (Å²) in [7, 11) is 0. The van der Waals surface area contributed by atoms with Crippen molar-refractivity contribution in [3.63, 3.8) is 0 Å². The van der Waals surface area contributed by atoms with Crippen molar-refractivity contribution in [2.45, 2.75) is 44.9 Å². The maximum absolute atomic E-state index is 12.6. The van der Waals surface area contributed by atoms with E-state index in [1.165, 1.54) is 33.8 Å². The lowest BCUT2D eigenvalue weighted by atomic mass is 9.97. The standard InChI is InChI=1S/C23H22N4O2S2/c28-19(27-23-24-15(13-30-23)12-14-6-2-1-3-7-14)11-10-18-25-21(29)20-16-8-4-5-9-17(16)31-22(20)26-18/h1-3,6-7,13H,4-5,8-12H2,(H,24,27,28)(H,25,26,29). The fourth-order valence-corrected chi connectivity index (χ4v) is 6.00. The number of thiazole rings is 1. The van der Waals surface area contributed by atoms with Gasteiger partial charge in [0.1, 0.15) is 10.7 Å². The van der Waals surface area contributed by atoms with E-state index in [-0.39, 0.29) is 17.9 Å². The van der Waals surface area contributed by atoms with Crippen molar-refractivity contribution in [1.82, 2.24) is 15.0 Å². The summed E-state index contributed by atoms with van der Waals surface area (Å²) in [6.07, 6.45) is 5.67. The Morgan fingerprint density at radius 1 is 1.13 bits per heavy atom. The number of nitrogens with one attached hydrogen (secondary N) is 2. The zero-order valence-electron chi connectivity index (χ0n) is 16.9. The molecule has 2 N–H and O–H groups in total. The van der Waals surface area contributed by atoms with Gasteiger partial charge in [-0.3, -0.25) is 9.59 Å². The SMILES string of the molecule is O=C(CCc1nc2sc3c(c2c(=O)[nH]1)CCCC3)Nc1nc(Cc2ccccc2)cs1.